The van der Waals surface area contributed by atoms with Gasteiger partial charge in [0.2, 0.25) is 0 Å². The first-order chi connectivity index (χ1) is 7.65. The number of unbranched alkanes of at least 4 members (excludes halogenated alkanes) is 2. The fourth-order valence-electron chi connectivity index (χ4n) is 1.69. The second-order valence-corrected chi connectivity index (χ2v) is 5.64. The van der Waals surface area contributed by atoms with Gasteiger partial charge in [-0.25, -0.2) is 0 Å². The van der Waals surface area contributed by atoms with Gasteiger partial charge in [0.05, 0.1) is 10.8 Å². The lowest BCUT2D eigenvalue weighted by Gasteiger charge is -2.06. The van der Waals surface area contributed by atoms with Gasteiger partial charge in [0.1, 0.15) is 0 Å². The van der Waals surface area contributed by atoms with Crippen molar-refractivity contribution in [1.29, 1.82) is 0 Å². The van der Waals surface area contributed by atoms with Crippen molar-refractivity contribution in [3.63, 3.8) is 0 Å². The van der Waals surface area contributed by atoms with Crippen molar-refractivity contribution in [3.8, 4) is 0 Å². The standard InChI is InChI=1S/C13H20O2S/c1-11-6-7-13(12(2)10-11)16(15)9-5-3-4-8-14/h6-7,10,14H,3-5,8-9H2,1-2H3. The molecule has 0 aliphatic heterocycles. The van der Waals surface area contributed by atoms with Crippen molar-refractivity contribution in [3.05, 3.63) is 29.3 Å². The number of rotatable bonds is 6. The van der Waals surface area contributed by atoms with Crippen LogP contribution in [0.3, 0.4) is 0 Å². The maximum absolute atomic E-state index is 12.0. The third-order valence-electron chi connectivity index (χ3n) is 2.56. The molecule has 2 nitrogen and oxygen atoms in total. The highest BCUT2D eigenvalue weighted by Crippen LogP contribution is 2.16. The number of aryl methyl sites for hydroxylation is 2. The molecule has 0 fully saturated rings. The molecule has 0 aromatic heterocycles. The third kappa shape index (κ3) is 4.06. The molecule has 3 heteroatoms. The normalized spacial score (nSPS) is 12.7. The Labute approximate surface area is 100 Å². The number of benzene rings is 1. The zero-order valence-electron chi connectivity index (χ0n) is 10.0. The van der Waals surface area contributed by atoms with Gasteiger partial charge in [-0.05, 0) is 38.3 Å². The van der Waals surface area contributed by atoms with Crippen LogP contribution in [0.5, 0.6) is 0 Å². The maximum Gasteiger partial charge on any atom is 0.0532 e. The van der Waals surface area contributed by atoms with E-state index in [-0.39, 0.29) is 6.61 Å². The minimum absolute atomic E-state index is 0.232. The van der Waals surface area contributed by atoms with Crippen LogP contribution in [0.25, 0.3) is 0 Å². The molecule has 1 N–H and O–H groups in total. The largest absolute Gasteiger partial charge is 0.396 e. The summed E-state index contributed by atoms with van der Waals surface area (Å²) in [6.07, 6.45) is 2.68. The van der Waals surface area contributed by atoms with Crippen LogP contribution in [0.15, 0.2) is 23.1 Å². The molecule has 1 aromatic carbocycles. The van der Waals surface area contributed by atoms with Crippen LogP contribution in [0.1, 0.15) is 30.4 Å². The molecular weight excluding hydrogens is 220 g/mol. The first-order valence-corrected chi connectivity index (χ1v) is 7.03. The van der Waals surface area contributed by atoms with E-state index in [1.54, 1.807) is 0 Å². The van der Waals surface area contributed by atoms with Crippen LogP contribution < -0.4 is 0 Å². The molecule has 0 amide bonds. The molecule has 1 unspecified atom stereocenters. The molecule has 0 aliphatic carbocycles. The second kappa shape index (κ2) is 6.81. The fourth-order valence-corrected chi connectivity index (χ4v) is 3.01. The second-order valence-electron chi connectivity index (χ2n) is 4.10. The quantitative estimate of drug-likeness (QED) is 0.776. The highest BCUT2D eigenvalue weighted by atomic mass is 32.2. The van der Waals surface area contributed by atoms with Gasteiger partial charge in [-0.15, -0.1) is 0 Å². The highest BCUT2D eigenvalue weighted by molar-refractivity contribution is 7.85. The maximum atomic E-state index is 12.0. The van der Waals surface area contributed by atoms with Crippen molar-refractivity contribution >= 4 is 10.8 Å². The molecule has 0 saturated heterocycles. The SMILES string of the molecule is Cc1ccc(S(=O)CCCCCO)c(C)c1. The number of hydrogen-bond donors (Lipinski definition) is 1. The number of aliphatic hydroxyl groups excluding tert-OH is 1. The average Bonchev–Trinajstić information content (AvgIpc) is 2.24. The minimum Gasteiger partial charge on any atom is -0.396 e. The summed E-state index contributed by atoms with van der Waals surface area (Å²) in [6, 6.07) is 6.04. The first kappa shape index (κ1) is 13.4. The summed E-state index contributed by atoms with van der Waals surface area (Å²) in [5, 5.41) is 8.65. The fraction of sp³-hybridized carbons (Fsp3) is 0.538. The molecule has 16 heavy (non-hydrogen) atoms. The van der Waals surface area contributed by atoms with E-state index in [9.17, 15) is 4.21 Å². The molecule has 0 saturated carbocycles. The van der Waals surface area contributed by atoms with Crippen molar-refractivity contribution in [2.24, 2.45) is 0 Å². The Morgan fingerprint density at radius 3 is 2.56 bits per heavy atom. The van der Waals surface area contributed by atoms with Gasteiger partial charge < -0.3 is 5.11 Å². The van der Waals surface area contributed by atoms with E-state index in [1.165, 1.54) is 5.56 Å². The molecule has 90 valence electrons. The Morgan fingerprint density at radius 2 is 1.94 bits per heavy atom. The molecule has 0 heterocycles. The number of aliphatic hydroxyl groups is 1. The molecule has 0 aliphatic rings. The predicted molar refractivity (Wildman–Crippen MR) is 68.1 cm³/mol. The first-order valence-electron chi connectivity index (χ1n) is 5.71. The summed E-state index contributed by atoms with van der Waals surface area (Å²) < 4.78 is 12.0. The predicted octanol–water partition coefficient (Wildman–Crippen LogP) is 2.57. The van der Waals surface area contributed by atoms with Gasteiger partial charge in [-0.1, -0.05) is 24.1 Å². The Hall–Kier alpha value is -0.670. The summed E-state index contributed by atoms with van der Waals surface area (Å²) >= 11 is 0. The van der Waals surface area contributed by atoms with Crippen LogP contribution in [0.4, 0.5) is 0 Å². The van der Waals surface area contributed by atoms with E-state index in [4.69, 9.17) is 5.11 Å². The van der Waals surface area contributed by atoms with Gasteiger partial charge in [0.15, 0.2) is 0 Å². The van der Waals surface area contributed by atoms with Gasteiger partial charge in [0, 0.05) is 17.3 Å². The Morgan fingerprint density at radius 1 is 1.19 bits per heavy atom. The Balaban J connectivity index is 2.53. The van der Waals surface area contributed by atoms with Crippen molar-refractivity contribution in [2.75, 3.05) is 12.4 Å². The van der Waals surface area contributed by atoms with Crippen LogP contribution in [0, 0.1) is 13.8 Å². The lowest BCUT2D eigenvalue weighted by Crippen LogP contribution is -2.01. The summed E-state index contributed by atoms with van der Waals surface area (Å²) in [7, 11) is -0.888. The van der Waals surface area contributed by atoms with Crippen LogP contribution in [0.2, 0.25) is 0 Å². The average molecular weight is 240 g/mol. The van der Waals surface area contributed by atoms with Gasteiger partial charge >= 0.3 is 0 Å². The summed E-state index contributed by atoms with van der Waals surface area (Å²) in [4.78, 5) is 0.953. The molecule has 0 radical (unpaired) electrons. The van der Waals surface area contributed by atoms with E-state index in [2.05, 4.69) is 6.07 Å². The third-order valence-corrected chi connectivity index (χ3v) is 4.17. The zero-order valence-corrected chi connectivity index (χ0v) is 10.8. The summed E-state index contributed by atoms with van der Waals surface area (Å²) in [5.41, 5.74) is 2.32. The summed E-state index contributed by atoms with van der Waals surface area (Å²) in [6.45, 7) is 4.28. The minimum atomic E-state index is -0.888. The van der Waals surface area contributed by atoms with Crippen LogP contribution >= 0.6 is 0 Å². The highest BCUT2D eigenvalue weighted by Gasteiger charge is 2.06. The van der Waals surface area contributed by atoms with Gasteiger partial charge in [0.25, 0.3) is 0 Å². The summed E-state index contributed by atoms with van der Waals surface area (Å²) in [5.74, 6) is 0.698. The van der Waals surface area contributed by atoms with Gasteiger partial charge in [-0.3, -0.25) is 4.21 Å². The van der Waals surface area contributed by atoms with E-state index in [0.717, 1.165) is 29.7 Å². The molecular formula is C13H20O2S. The lowest BCUT2D eigenvalue weighted by atomic mass is 10.2. The zero-order chi connectivity index (χ0) is 12.0. The molecule has 1 rings (SSSR count). The van der Waals surface area contributed by atoms with Gasteiger partial charge in [-0.2, -0.15) is 0 Å². The Bertz CT molecular complexity index is 361. The van der Waals surface area contributed by atoms with E-state index >= 15 is 0 Å². The lowest BCUT2D eigenvalue weighted by molar-refractivity contribution is 0.284. The number of hydrogen-bond acceptors (Lipinski definition) is 2. The van der Waals surface area contributed by atoms with E-state index in [0.29, 0.717) is 5.75 Å². The van der Waals surface area contributed by atoms with E-state index in [1.807, 2.05) is 26.0 Å². The van der Waals surface area contributed by atoms with Crippen LogP contribution in [-0.4, -0.2) is 21.7 Å². The monoisotopic (exact) mass is 240 g/mol. The van der Waals surface area contributed by atoms with Crippen molar-refractivity contribution in [1.82, 2.24) is 0 Å². The topological polar surface area (TPSA) is 37.3 Å². The van der Waals surface area contributed by atoms with Crippen LogP contribution in [-0.2, 0) is 10.8 Å². The molecule has 0 bridgehead atoms. The molecule has 1 atom stereocenters. The smallest absolute Gasteiger partial charge is 0.0532 e. The van der Waals surface area contributed by atoms with Crippen molar-refractivity contribution in [2.45, 2.75) is 38.0 Å². The molecule has 0 spiro atoms. The van der Waals surface area contributed by atoms with Crippen molar-refractivity contribution < 1.29 is 9.32 Å². The molecule has 1 aromatic rings. The Kier molecular flexibility index (Phi) is 5.71. The van der Waals surface area contributed by atoms with E-state index < -0.39 is 10.8 Å².